The second-order valence-electron chi connectivity index (χ2n) is 8.46. The lowest BCUT2D eigenvalue weighted by Gasteiger charge is -2.36. The second kappa shape index (κ2) is 9.24. The summed E-state index contributed by atoms with van der Waals surface area (Å²) >= 11 is 0. The molecule has 178 valence electrons. The van der Waals surface area contributed by atoms with Crippen LogP contribution in [0.3, 0.4) is 0 Å². The number of H-pyrrole nitrogens is 1. The van der Waals surface area contributed by atoms with Gasteiger partial charge < -0.3 is 14.6 Å². The van der Waals surface area contributed by atoms with Crippen LogP contribution in [-0.2, 0) is 16.4 Å². The number of benzene rings is 1. The normalized spacial score (nSPS) is 15.2. The number of nitrogens with zero attached hydrogens (tertiary/aromatic N) is 4. The van der Waals surface area contributed by atoms with Gasteiger partial charge in [0.1, 0.15) is 11.6 Å². The molecule has 3 heterocycles. The number of nitrogens with one attached hydrogen (secondary N) is 2. The lowest BCUT2D eigenvalue weighted by molar-refractivity contribution is 0.138. The SMILES string of the molecule is CCCc1nc(C)c2c(=O)[nH]c(-c3cc(S(=O)(=O)NCC4CN(C)C4)ccc3OCC)nn12. The van der Waals surface area contributed by atoms with E-state index in [-0.39, 0.29) is 16.3 Å². The Bertz CT molecular complexity index is 1320. The standard InChI is InChI=1S/C22H30N6O4S/c1-5-7-19-24-14(3)20-22(29)25-21(26-28(19)20)17-10-16(8-9-18(17)32-6-2)33(30,31)23-11-15-12-27(4)13-15/h8-10,15,23H,5-7,11-13H2,1-4H3,(H,25,26,29). The highest BCUT2D eigenvalue weighted by Gasteiger charge is 2.26. The summed E-state index contributed by atoms with van der Waals surface area (Å²) in [5, 5.41) is 4.61. The fourth-order valence-electron chi connectivity index (χ4n) is 4.15. The van der Waals surface area contributed by atoms with Crippen molar-refractivity contribution in [1.82, 2.24) is 29.2 Å². The van der Waals surface area contributed by atoms with Crippen LogP contribution in [0.2, 0.25) is 0 Å². The predicted octanol–water partition coefficient (Wildman–Crippen LogP) is 1.58. The molecule has 2 N–H and O–H groups in total. The van der Waals surface area contributed by atoms with Gasteiger partial charge in [-0.05, 0) is 51.4 Å². The molecule has 0 bridgehead atoms. The molecule has 0 saturated carbocycles. The smallest absolute Gasteiger partial charge is 0.277 e. The lowest BCUT2D eigenvalue weighted by atomic mass is 10.0. The number of likely N-dealkylation sites (tertiary alicyclic amines) is 1. The van der Waals surface area contributed by atoms with Gasteiger partial charge in [0.05, 0.1) is 22.8 Å². The van der Waals surface area contributed by atoms with Crippen molar-refractivity contribution >= 4 is 15.5 Å². The molecular weight excluding hydrogens is 444 g/mol. The molecule has 10 nitrogen and oxygen atoms in total. The fourth-order valence-corrected chi connectivity index (χ4v) is 5.30. The lowest BCUT2D eigenvalue weighted by Crippen LogP contribution is -2.49. The first-order chi connectivity index (χ1) is 15.7. The van der Waals surface area contributed by atoms with Crippen molar-refractivity contribution < 1.29 is 13.2 Å². The second-order valence-corrected chi connectivity index (χ2v) is 10.2. The fraction of sp³-hybridized carbons (Fsp3) is 0.500. The maximum atomic E-state index is 13.0. The van der Waals surface area contributed by atoms with E-state index in [1.165, 1.54) is 12.1 Å². The van der Waals surface area contributed by atoms with Crippen LogP contribution in [0, 0.1) is 12.8 Å². The van der Waals surface area contributed by atoms with Gasteiger partial charge in [0.25, 0.3) is 5.56 Å². The maximum absolute atomic E-state index is 13.0. The Balaban J connectivity index is 1.76. The Labute approximate surface area is 193 Å². The Morgan fingerprint density at radius 3 is 2.70 bits per heavy atom. The van der Waals surface area contributed by atoms with Crippen LogP contribution >= 0.6 is 0 Å². The highest BCUT2D eigenvalue weighted by molar-refractivity contribution is 7.89. The van der Waals surface area contributed by atoms with Crippen molar-refractivity contribution in [1.29, 1.82) is 0 Å². The predicted molar refractivity (Wildman–Crippen MR) is 125 cm³/mol. The van der Waals surface area contributed by atoms with Crippen molar-refractivity contribution in [3.63, 3.8) is 0 Å². The number of imidazole rings is 1. The van der Waals surface area contributed by atoms with E-state index in [1.807, 2.05) is 20.9 Å². The maximum Gasteiger partial charge on any atom is 0.277 e. The molecule has 0 unspecified atom stereocenters. The first-order valence-electron chi connectivity index (χ1n) is 11.2. The number of hydrogen-bond donors (Lipinski definition) is 2. The average molecular weight is 475 g/mol. The molecular formula is C22H30N6O4S. The molecule has 0 radical (unpaired) electrons. The Morgan fingerprint density at radius 1 is 1.27 bits per heavy atom. The van der Waals surface area contributed by atoms with Gasteiger partial charge in [0.2, 0.25) is 10.0 Å². The van der Waals surface area contributed by atoms with E-state index in [0.29, 0.717) is 53.8 Å². The summed E-state index contributed by atoms with van der Waals surface area (Å²) < 4.78 is 35.9. The van der Waals surface area contributed by atoms with E-state index < -0.39 is 10.0 Å². The van der Waals surface area contributed by atoms with Gasteiger partial charge in [-0.3, -0.25) is 4.79 Å². The summed E-state index contributed by atoms with van der Waals surface area (Å²) in [6.07, 6.45) is 1.51. The number of fused-ring (bicyclic) bond motifs is 1. The van der Waals surface area contributed by atoms with E-state index in [2.05, 4.69) is 24.7 Å². The van der Waals surface area contributed by atoms with Gasteiger partial charge in [-0.1, -0.05) is 6.92 Å². The minimum absolute atomic E-state index is 0.0898. The monoisotopic (exact) mass is 474 g/mol. The summed E-state index contributed by atoms with van der Waals surface area (Å²) in [5.74, 6) is 1.65. The van der Waals surface area contributed by atoms with E-state index in [4.69, 9.17) is 4.74 Å². The molecule has 33 heavy (non-hydrogen) atoms. The van der Waals surface area contributed by atoms with Crippen molar-refractivity contribution in [2.45, 2.75) is 38.5 Å². The number of aromatic amines is 1. The van der Waals surface area contributed by atoms with Crippen LogP contribution in [-0.4, -0.2) is 66.2 Å². The van der Waals surface area contributed by atoms with E-state index >= 15 is 0 Å². The molecule has 1 aliphatic heterocycles. The molecule has 4 rings (SSSR count). The quantitative estimate of drug-likeness (QED) is 0.483. The molecule has 1 fully saturated rings. The molecule has 1 aromatic carbocycles. The van der Waals surface area contributed by atoms with Crippen LogP contribution < -0.4 is 15.0 Å². The number of rotatable bonds is 9. The van der Waals surface area contributed by atoms with Gasteiger partial charge in [-0.15, -0.1) is 5.10 Å². The van der Waals surface area contributed by atoms with Gasteiger partial charge in [-0.2, -0.15) is 0 Å². The molecule has 2 aromatic heterocycles. The minimum atomic E-state index is -3.74. The Hall–Kier alpha value is -2.76. The van der Waals surface area contributed by atoms with Crippen LogP contribution in [0.5, 0.6) is 5.75 Å². The summed E-state index contributed by atoms with van der Waals surface area (Å²) in [7, 11) is -1.74. The summed E-state index contributed by atoms with van der Waals surface area (Å²) in [5.41, 5.74) is 1.05. The largest absolute Gasteiger partial charge is 0.493 e. The first-order valence-corrected chi connectivity index (χ1v) is 12.7. The minimum Gasteiger partial charge on any atom is -0.493 e. The molecule has 1 aliphatic rings. The van der Waals surface area contributed by atoms with Gasteiger partial charge in [0, 0.05) is 26.1 Å². The molecule has 0 aliphatic carbocycles. The van der Waals surface area contributed by atoms with Gasteiger partial charge in [-0.25, -0.2) is 22.6 Å². The number of ether oxygens (including phenoxy) is 1. The molecule has 1 saturated heterocycles. The van der Waals surface area contributed by atoms with E-state index in [1.54, 1.807) is 17.5 Å². The molecule has 0 atom stereocenters. The Kier molecular flexibility index (Phi) is 6.55. The van der Waals surface area contributed by atoms with Crippen molar-refractivity contribution in [2.24, 2.45) is 5.92 Å². The number of aryl methyl sites for hydroxylation is 2. The number of aromatic nitrogens is 4. The van der Waals surface area contributed by atoms with Crippen molar-refractivity contribution in [2.75, 3.05) is 33.3 Å². The molecule has 0 spiro atoms. The third-order valence-electron chi connectivity index (χ3n) is 5.73. The Morgan fingerprint density at radius 2 is 2.03 bits per heavy atom. The van der Waals surface area contributed by atoms with E-state index in [9.17, 15) is 13.2 Å². The van der Waals surface area contributed by atoms with Crippen LogP contribution in [0.4, 0.5) is 0 Å². The average Bonchev–Trinajstić information content (AvgIpc) is 3.07. The van der Waals surface area contributed by atoms with Crippen molar-refractivity contribution in [3.05, 3.63) is 40.1 Å². The van der Waals surface area contributed by atoms with Crippen LogP contribution in [0.25, 0.3) is 16.9 Å². The number of hydrogen-bond acceptors (Lipinski definition) is 7. The highest BCUT2D eigenvalue weighted by atomic mass is 32.2. The van der Waals surface area contributed by atoms with Crippen LogP contribution in [0.1, 0.15) is 31.8 Å². The van der Waals surface area contributed by atoms with E-state index in [0.717, 1.165) is 19.5 Å². The zero-order valence-electron chi connectivity index (χ0n) is 19.4. The summed E-state index contributed by atoms with van der Waals surface area (Å²) in [6.45, 7) is 8.13. The summed E-state index contributed by atoms with van der Waals surface area (Å²) in [4.78, 5) is 22.4. The zero-order chi connectivity index (χ0) is 23.8. The third-order valence-corrected chi connectivity index (χ3v) is 7.16. The highest BCUT2D eigenvalue weighted by Crippen LogP contribution is 2.30. The molecule has 0 amide bonds. The van der Waals surface area contributed by atoms with Crippen molar-refractivity contribution in [3.8, 4) is 17.1 Å². The molecule has 11 heteroatoms. The summed E-state index contributed by atoms with van der Waals surface area (Å²) in [6, 6.07) is 4.60. The first kappa shape index (κ1) is 23.4. The topological polar surface area (TPSA) is 122 Å². The van der Waals surface area contributed by atoms with Crippen LogP contribution in [0.15, 0.2) is 27.9 Å². The van der Waals surface area contributed by atoms with Gasteiger partial charge in [0.15, 0.2) is 11.3 Å². The number of sulfonamides is 1. The van der Waals surface area contributed by atoms with Gasteiger partial charge >= 0.3 is 0 Å². The zero-order valence-corrected chi connectivity index (χ0v) is 20.2. The third kappa shape index (κ3) is 4.66. The molecule has 3 aromatic rings.